The number of para-hydroxylation sites is 1. The highest BCUT2D eigenvalue weighted by Crippen LogP contribution is 2.11. The number of nitrogens with one attached hydrogen (secondary N) is 1. The van der Waals surface area contributed by atoms with E-state index in [9.17, 15) is 9.59 Å². The molecule has 3 N–H and O–H groups in total. The maximum Gasteiger partial charge on any atom is 0.258 e. The van der Waals surface area contributed by atoms with Crippen LogP contribution in [-0.4, -0.2) is 15.9 Å². The SMILES string of the molecule is CC(C(N)=O)c1nc2ccccc2c(=O)[nH]1. The zero-order valence-corrected chi connectivity index (χ0v) is 8.73. The fraction of sp³-hybridized carbons (Fsp3) is 0.182. The summed E-state index contributed by atoms with van der Waals surface area (Å²) < 4.78 is 0. The monoisotopic (exact) mass is 217 g/mol. The van der Waals surface area contributed by atoms with Crippen LogP contribution >= 0.6 is 0 Å². The normalized spacial score (nSPS) is 12.6. The van der Waals surface area contributed by atoms with Crippen molar-refractivity contribution in [3.8, 4) is 0 Å². The first kappa shape index (κ1) is 10.4. The number of nitrogens with zero attached hydrogens (tertiary/aromatic N) is 1. The van der Waals surface area contributed by atoms with Crippen LogP contribution in [0, 0.1) is 0 Å². The molecule has 0 aliphatic carbocycles. The first-order valence-electron chi connectivity index (χ1n) is 4.88. The molecule has 0 aliphatic rings. The number of amides is 1. The Labute approximate surface area is 91.3 Å². The molecule has 1 unspecified atom stereocenters. The van der Waals surface area contributed by atoms with Crippen LogP contribution in [0.5, 0.6) is 0 Å². The van der Waals surface area contributed by atoms with Crippen molar-refractivity contribution in [3.05, 3.63) is 40.4 Å². The van der Waals surface area contributed by atoms with Gasteiger partial charge < -0.3 is 10.7 Å². The molecule has 0 saturated carbocycles. The molecule has 5 heteroatoms. The maximum atomic E-state index is 11.7. The number of carbonyl (C=O) groups excluding carboxylic acids is 1. The molecule has 82 valence electrons. The number of aromatic amines is 1. The third kappa shape index (κ3) is 1.67. The summed E-state index contributed by atoms with van der Waals surface area (Å²) in [5.74, 6) is -0.813. The van der Waals surface area contributed by atoms with Gasteiger partial charge in [-0.15, -0.1) is 0 Å². The average Bonchev–Trinajstić information content (AvgIpc) is 2.28. The van der Waals surface area contributed by atoms with Crippen molar-refractivity contribution in [2.45, 2.75) is 12.8 Å². The molecule has 1 amide bonds. The molecular formula is C11H11N3O2. The quantitative estimate of drug-likeness (QED) is 0.768. The van der Waals surface area contributed by atoms with E-state index in [-0.39, 0.29) is 5.56 Å². The Bertz CT molecular complexity index is 603. The van der Waals surface area contributed by atoms with E-state index in [0.29, 0.717) is 16.7 Å². The molecular weight excluding hydrogens is 206 g/mol. The Hall–Kier alpha value is -2.17. The predicted molar refractivity (Wildman–Crippen MR) is 60.0 cm³/mol. The first-order chi connectivity index (χ1) is 7.59. The highest BCUT2D eigenvalue weighted by molar-refractivity contribution is 5.82. The summed E-state index contributed by atoms with van der Waals surface area (Å²) in [5.41, 5.74) is 5.47. The Morgan fingerprint density at radius 3 is 2.81 bits per heavy atom. The van der Waals surface area contributed by atoms with E-state index in [2.05, 4.69) is 9.97 Å². The van der Waals surface area contributed by atoms with Gasteiger partial charge in [-0.05, 0) is 19.1 Å². The highest BCUT2D eigenvalue weighted by Gasteiger charge is 2.15. The number of carbonyl (C=O) groups is 1. The second kappa shape index (κ2) is 3.77. The van der Waals surface area contributed by atoms with Crippen LogP contribution in [0.3, 0.4) is 0 Å². The standard InChI is InChI=1S/C11H11N3O2/c1-6(9(12)15)10-13-8-5-3-2-4-7(8)11(16)14-10/h2-6H,1H3,(H2,12,15)(H,13,14,16). The number of H-pyrrole nitrogens is 1. The van der Waals surface area contributed by atoms with Crippen LogP contribution < -0.4 is 11.3 Å². The fourth-order valence-corrected chi connectivity index (χ4v) is 1.44. The lowest BCUT2D eigenvalue weighted by Crippen LogP contribution is -2.23. The zero-order chi connectivity index (χ0) is 11.7. The summed E-state index contributed by atoms with van der Waals surface area (Å²) in [6.45, 7) is 1.61. The number of benzene rings is 1. The van der Waals surface area contributed by atoms with Gasteiger partial charge in [-0.3, -0.25) is 9.59 Å². The summed E-state index contributed by atoms with van der Waals surface area (Å²) in [5, 5.41) is 0.503. The van der Waals surface area contributed by atoms with E-state index in [0.717, 1.165) is 0 Å². The third-order valence-electron chi connectivity index (χ3n) is 2.47. The lowest BCUT2D eigenvalue weighted by Gasteiger charge is -2.06. The van der Waals surface area contributed by atoms with Crippen LogP contribution in [0.15, 0.2) is 29.1 Å². The number of nitrogens with two attached hydrogens (primary N) is 1. The van der Waals surface area contributed by atoms with Gasteiger partial charge >= 0.3 is 0 Å². The summed E-state index contributed by atoms with van der Waals surface area (Å²) in [6, 6.07) is 6.95. The molecule has 5 nitrogen and oxygen atoms in total. The van der Waals surface area contributed by atoms with Crippen molar-refractivity contribution in [2.24, 2.45) is 5.73 Å². The highest BCUT2D eigenvalue weighted by atomic mass is 16.1. The molecule has 0 fully saturated rings. The second-order valence-electron chi connectivity index (χ2n) is 3.59. The lowest BCUT2D eigenvalue weighted by atomic mass is 10.1. The van der Waals surface area contributed by atoms with Crippen LogP contribution in [-0.2, 0) is 4.79 Å². The van der Waals surface area contributed by atoms with Crippen molar-refractivity contribution in [1.29, 1.82) is 0 Å². The predicted octanol–water partition coefficient (Wildman–Crippen LogP) is 0.512. The van der Waals surface area contributed by atoms with Crippen LogP contribution in [0.1, 0.15) is 18.7 Å². The minimum Gasteiger partial charge on any atom is -0.369 e. The van der Waals surface area contributed by atoms with Gasteiger partial charge in [0, 0.05) is 0 Å². The topological polar surface area (TPSA) is 88.8 Å². The number of hydrogen-bond acceptors (Lipinski definition) is 3. The van der Waals surface area contributed by atoms with Gasteiger partial charge in [0.1, 0.15) is 5.82 Å². The van der Waals surface area contributed by atoms with Crippen molar-refractivity contribution < 1.29 is 4.79 Å². The fourth-order valence-electron chi connectivity index (χ4n) is 1.44. The van der Waals surface area contributed by atoms with Gasteiger partial charge in [-0.25, -0.2) is 4.98 Å². The number of rotatable bonds is 2. The van der Waals surface area contributed by atoms with Gasteiger partial charge in [-0.2, -0.15) is 0 Å². The minimum absolute atomic E-state index is 0.256. The zero-order valence-electron chi connectivity index (χ0n) is 8.73. The largest absolute Gasteiger partial charge is 0.369 e. The van der Waals surface area contributed by atoms with Gasteiger partial charge in [0.25, 0.3) is 5.56 Å². The summed E-state index contributed by atoms with van der Waals surface area (Å²) >= 11 is 0. The van der Waals surface area contributed by atoms with E-state index >= 15 is 0 Å². The molecule has 0 bridgehead atoms. The number of aromatic nitrogens is 2. The van der Waals surface area contributed by atoms with Crippen molar-refractivity contribution in [2.75, 3.05) is 0 Å². The van der Waals surface area contributed by atoms with Crippen molar-refractivity contribution in [3.63, 3.8) is 0 Å². The third-order valence-corrected chi connectivity index (χ3v) is 2.47. The molecule has 1 aromatic heterocycles. The van der Waals surface area contributed by atoms with E-state index < -0.39 is 11.8 Å². The van der Waals surface area contributed by atoms with Gasteiger partial charge in [0.15, 0.2) is 0 Å². The second-order valence-corrected chi connectivity index (χ2v) is 3.59. The molecule has 2 aromatic rings. The molecule has 2 rings (SSSR count). The van der Waals surface area contributed by atoms with E-state index in [1.54, 1.807) is 31.2 Å². The van der Waals surface area contributed by atoms with Gasteiger partial charge in [0.05, 0.1) is 16.8 Å². The van der Waals surface area contributed by atoms with E-state index in [1.165, 1.54) is 0 Å². The Morgan fingerprint density at radius 2 is 2.12 bits per heavy atom. The average molecular weight is 217 g/mol. The van der Waals surface area contributed by atoms with Gasteiger partial charge in [0.2, 0.25) is 5.91 Å². The molecule has 1 heterocycles. The first-order valence-corrected chi connectivity index (χ1v) is 4.88. The van der Waals surface area contributed by atoms with Gasteiger partial charge in [-0.1, -0.05) is 12.1 Å². The maximum absolute atomic E-state index is 11.7. The van der Waals surface area contributed by atoms with Crippen LogP contribution in [0.25, 0.3) is 10.9 Å². The van der Waals surface area contributed by atoms with Crippen LogP contribution in [0.2, 0.25) is 0 Å². The molecule has 0 saturated heterocycles. The number of fused-ring (bicyclic) bond motifs is 1. The Balaban J connectivity index is 2.67. The van der Waals surface area contributed by atoms with E-state index in [4.69, 9.17) is 5.73 Å². The smallest absolute Gasteiger partial charge is 0.258 e. The molecule has 0 spiro atoms. The van der Waals surface area contributed by atoms with Crippen molar-refractivity contribution >= 4 is 16.8 Å². The summed E-state index contributed by atoms with van der Waals surface area (Å²) in [6.07, 6.45) is 0. The molecule has 1 atom stereocenters. The lowest BCUT2D eigenvalue weighted by molar-refractivity contribution is -0.119. The Kier molecular flexibility index (Phi) is 2.44. The minimum atomic E-state index is -0.600. The molecule has 0 radical (unpaired) electrons. The molecule has 0 aliphatic heterocycles. The molecule has 16 heavy (non-hydrogen) atoms. The Morgan fingerprint density at radius 1 is 1.44 bits per heavy atom. The molecule has 1 aromatic carbocycles. The van der Waals surface area contributed by atoms with Crippen molar-refractivity contribution in [1.82, 2.24) is 9.97 Å². The summed E-state index contributed by atoms with van der Waals surface area (Å²) in [4.78, 5) is 29.5. The van der Waals surface area contributed by atoms with Crippen LogP contribution in [0.4, 0.5) is 0 Å². The summed E-state index contributed by atoms with van der Waals surface area (Å²) in [7, 11) is 0. The number of hydrogen-bond donors (Lipinski definition) is 2. The number of primary amides is 1. The van der Waals surface area contributed by atoms with E-state index in [1.807, 2.05) is 0 Å².